The van der Waals surface area contributed by atoms with E-state index < -0.39 is 6.17 Å². The van der Waals surface area contributed by atoms with Crippen LogP contribution in [-0.4, -0.2) is 30.7 Å². The molecule has 0 amide bonds. The normalized spacial score (nSPS) is 49.3. The molecule has 1 aliphatic carbocycles. The summed E-state index contributed by atoms with van der Waals surface area (Å²) in [7, 11) is 0. The van der Waals surface area contributed by atoms with Crippen molar-refractivity contribution in [2.45, 2.75) is 13.1 Å². The van der Waals surface area contributed by atoms with E-state index in [-0.39, 0.29) is 0 Å². The van der Waals surface area contributed by atoms with E-state index in [2.05, 4.69) is 11.8 Å². The second-order valence-corrected chi connectivity index (χ2v) is 3.12. The molecule has 9 heavy (non-hydrogen) atoms. The van der Waals surface area contributed by atoms with Crippen LogP contribution >= 0.6 is 0 Å². The van der Waals surface area contributed by atoms with E-state index in [0.717, 1.165) is 19.6 Å². The zero-order valence-corrected chi connectivity index (χ0v) is 5.68. The lowest BCUT2D eigenvalue weighted by molar-refractivity contribution is 0.270. The predicted molar refractivity (Wildman–Crippen MR) is 34.0 cm³/mol. The molecule has 2 atom stereocenters. The molecule has 0 spiro atoms. The third-order valence-corrected chi connectivity index (χ3v) is 2.61. The molecule has 2 heteroatoms. The third kappa shape index (κ3) is 0.692. The van der Waals surface area contributed by atoms with Crippen LogP contribution in [0.3, 0.4) is 0 Å². The quantitative estimate of drug-likeness (QED) is 0.508. The Hall–Kier alpha value is -0.110. The Morgan fingerprint density at radius 1 is 1.44 bits per heavy atom. The predicted octanol–water partition coefficient (Wildman–Crippen LogP) is 0.906. The van der Waals surface area contributed by atoms with E-state index in [0.29, 0.717) is 11.8 Å². The monoisotopic (exact) mass is 129 g/mol. The molecule has 1 heterocycles. The molecule has 0 radical (unpaired) electrons. The van der Waals surface area contributed by atoms with Crippen molar-refractivity contribution in [1.82, 2.24) is 4.90 Å². The molecular formula is C7H12FN. The average molecular weight is 129 g/mol. The lowest BCUT2D eigenvalue weighted by Gasteiger charge is -2.13. The summed E-state index contributed by atoms with van der Waals surface area (Å²) in [5.74, 6) is 0.842. The summed E-state index contributed by atoms with van der Waals surface area (Å²) < 4.78 is 12.5. The van der Waals surface area contributed by atoms with Gasteiger partial charge in [-0.05, 0) is 6.54 Å². The van der Waals surface area contributed by atoms with Gasteiger partial charge in [0.15, 0.2) is 0 Å². The summed E-state index contributed by atoms with van der Waals surface area (Å²) in [5, 5.41) is 0. The summed E-state index contributed by atoms with van der Waals surface area (Å²) in [5.41, 5.74) is 0. The number of halogens is 1. The minimum absolute atomic E-state index is 0.421. The first kappa shape index (κ1) is 5.66. The van der Waals surface area contributed by atoms with Gasteiger partial charge in [-0.1, -0.05) is 6.92 Å². The molecule has 0 aromatic carbocycles. The molecule has 0 aromatic rings. The first-order chi connectivity index (χ1) is 4.33. The Bertz CT molecular complexity index is 114. The summed E-state index contributed by atoms with van der Waals surface area (Å²) in [6.45, 7) is 5.27. The molecule has 1 saturated carbocycles. The topological polar surface area (TPSA) is 3.24 Å². The molecule has 1 saturated heterocycles. The van der Waals surface area contributed by atoms with E-state index >= 15 is 0 Å². The Kier molecular flexibility index (Phi) is 1.06. The Balaban J connectivity index is 1.89. The first-order valence-corrected chi connectivity index (χ1v) is 3.69. The molecule has 1 aliphatic heterocycles. The maximum Gasteiger partial charge on any atom is 0.109 e. The molecule has 0 N–H and O–H groups in total. The van der Waals surface area contributed by atoms with Crippen LogP contribution in [0.25, 0.3) is 0 Å². The number of nitrogens with zero attached hydrogens (tertiary/aromatic N) is 1. The van der Waals surface area contributed by atoms with Gasteiger partial charge in [-0.25, -0.2) is 4.39 Å². The number of likely N-dealkylation sites (tertiary alicyclic amines) is 1. The van der Waals surface area contributed by atoms with E-state index in [1.54, 1.807) is 0 Å². The largest absolute Gasteiger partial charge is 0.303 e. The van der Waals surface area contributed by atoms with Crippen LogP contribution in [0.2, 0.25) is 0 Å². The molecule has 2 unspecified atom stereocenters. The molecule has 0 bridgehead atoms. The smallest absolute Gasteiger partial charge is 0.109 e. The van der Waals surface area contributed by atoms with Gasteiger partial charge in [0.2, 0.25) is 0 Å². The number of piperidine rings is 1. The second kappa shape index (κ2) is 1.69. The zero-order valence-electron chi connectivity index (χ0n) is 5.68. The average Bonchev–Trinajstić information content (AvgIpc) is 2.32. The standard InChI is InChI=1S/C7H12FN/c1-2-9-3-5-6(4-9)7(5)8/h5-7H,2-4H2,1H3. The van der Waals surface area contributed by atoms with Gasteiger partial charge in [0.25, 0.3) is 0 Å². The van der Waals surface area contributed by atoms with Crippen molar-refractivity contribution in [2.75, 3.05) is 19.6 Å². The van der Waals surface area contributed by atoms with Crippen molar-refractivity contribution < 1.29 is 4.39 Å². The Labute approximate surface area is 54.8 Å². The van der Waals surface area contributed by atoms with Crippen LogP contribution in [0.1, 0.15) is 6.92 Å². The van der Waals surface area contributed by atoms with Crippen LogP contribution in [0.5, 0.6) is 0 Å². The summed E-state index contributed by atoms with van der Waals surface area (Å²) in [6, 6.07) is 0. The second-order valence-electron chi connectivity index (χ2n) is 3.12. The number of alkyl halides is 1. The van der Waals surface area contributed by atoms with Gasteiger partial charge >= 0.3 is 0 Å². The van der Waals surface area contributed by atoms with Crippen molar-refractivity contribution in [3.05, 3.63) is 0 Å². The maximum atomic E-state index is 12.5. The molecule has 1 nitrogen and oxygen atoms in total. The van der Waals surface area contributed by atoms with Gasteiger partial charge in [-0.15, -0.1) is 0 Å². The van der Waals surface area contributed by atoms with E-state index in [1.807, 2.05) is 0 Å². The van der Waals surface area contributed by atoms with E-state index in [1.165, 1.54) is 0 Å². The van der Waals surface area contributed by atoms with Gasteiger partial charge in [0.1, 0.15) is 6.17 Å². The zero-order chi connectivity index (χ0) is 6.43. The third-order valence-electron chi connectivity index (χ3n) is 2.61. The van der Waals surface area contributed by atoms with Gasteiger partial charge in [0.05, 0.1) is 0 Å². The highest BCUT2D eigenvalue weighted by Crippen LogP contribution is 2.47. The molecule has 52 valence electrons. The van der Waals surface area contributed by atoms with Gasteiger partial charge in [0, 0.05) is 24.9 Å². The van der Waals surface area contributed by atoms with E-state index in [4.69, 9.17) is 0 Å². The first-order valence-electron chi connectivity index (χ1n) is 3.69. The highest BCUT2D eigenvalue weighted by atomic mass is 19.1. The highest BCUT2D eigenvalue weighted by molar-refractivity contribution is 5.05. The molecule has 2 rings (SSSR count). The number of fused-ring (bicyclic) bond motifs is 1. The van der Waals surface area contributed by atoms with Gasteiger partial charge in [-0.2, -0.15) is 0 Å². The summed E-state index contributed by atoms with van der Waals surface area (Å²) in [6.07, 6.45) is -0.437. The van der Waals surface area contributed by atoms with Gasteiger partial charge < -0.3 is 4.90 Å². The van der Waals surface area contributed by atoms with Crippen LogP contribution in [0, 0.1) is 11.8 Å². The van der Waals surface area contributed by atoms with Crippen LogP contribution in [0.15, 0.2) is 0 Å². The molecule has 2 fully saturated rings. The Morgan fingerprint density at radius 3 is 2.44 bits per heavy atom. The van der Waals surface area contributed by atoms with Crippen molar-refractivity contribution in [1.29, 1.82) is 0 Å². The lowest BCUT2D eigenvalue weighted by atomic mass is 10.4. The number of hydrogen-bond acceptors (Lipinski definition) is 1. The summed E-state index contributed by atoms with van der Waals surface area (Å²) in [4.78, 5) is 2.32. The van der Waals surface area contributed by atoms with Crippen molar-refractivity contribution >= 4 is 0 Å². The fraction of sp³-hybridized carbons (Fsp3) is 1.00. The number of hydrogen-bond donors (Lipinski definition) is 0. The van der Waals surface area contributed by atoms with Crippen molar-refractivity contribution in [3.8, 4) is 0 Å². The minimum Gasteiger partial charge on any atom is -0.303 e. The fourth-order valence-electron chi connectivity index (χ4n) is 1.80. The molecule has 2 aliphatic rings. The van der Waals surface area contributed by atoms with Gasteiger partial charge in [-0.3, -0.25) is 0 Å². The van der Waals surface area contributed by atoms with E-state index in [9.17, 15) is 4.39 Å². The molecule has 0 aromatic heterocycles. The van der Waals surface area contributed by atoms with Crippen molar-refractivity contribution in [2.24, 2.45) is 11.8 Å². The highest BCUT2D eigenvalue weighted by Gasteiger charge is 2.56. The van der Waals surface area contributed by atoms with Crippen LogP contribution in [0.4, 0.5) is 4.39 Å². The van der Waals surface area contributed by atoms with Crippen molar-refractivity contribution in [3.63, 3.8) is 0 Å². The van der Waals surface area contributed by atoms with Crippen LogP contribution in [-0.2, 0) is 0 Å². The minimum atomic E-state index is -0.437. The summed E-state index contributed by atoms with van der Waals surface area (Å²) >= 11 is 0. The SMILES string of the molecule is CCN1CC2C(F)C2C1. The number of rotatable bonds is 1. The molecular weight excluding hydrogens is 117 g/mol. The maximum absolute atomic E-state index is 12.5. The Morgan fingerprint density at radius 2 is 2.00 bits per heavy atom. The lowest BCUT2D eigenvalue weighted by Crippen LogP contribution is -2.24. The van der Waals surface area contributed by atoms with Crippen LogP contribution < -0.4 is 0 Å². The fourth-order valence-corrected chi connectivity index (χ4v) is 1.80.